The highest BCUT2D eigenvalue weighted by Gasteiger charge is 2.22. The van der Waals surface area contributed by atoms with Gasteiger partial charge >= 0.3 is 0 Å². The third kappa shape index (κ3) is 3.60. The van der Waals surface area contributed by atoms with Crippen LogP contribution >= 0.6 is 15.9 Å². The predicted octanol–water partition coefficient (Wildman–Crippen LogP) is 4.77. The molecular weight excluding hydrogens is 340 g/mol. The molecule has 1 saturated carbocycles. The quantitative estimate of drug-likeness (QED) is 0.835. The molecule has 1 aliphatic carbocycles. The van der Waals surface area contributed by atoms with E-state index in [0.29, 0.717) is 28.4 Å². The molecule has 3 rings (SSSR count). The molecule has 0 atom stereocenters. The maximum Gasteiger partial charge on any atom is 0.165 e. The van der Waals surface area contributed by atoms with Gasteiger partial charge in [0.05, 0.1) is 0 Å². The number of halogens is 3. The zero-order chi connectivity index (χ0) is 14.8. The molecule has 0 radical (unpaired) electrons. The summed E-state index contributed by atoms with van der Waals surface area (Å²) in [5, 5.41) is 3.24. The van der Waals surface area contributed by atoms with E-state index >= 15 is 0 Å². The lowest BCUT2D eigenvalue weighted by molar-refractivity contribution is 0.429. The molecule has 0 bridgehead atoms. The first-order valence-corrected chi connectivity index (χ1v) is 7.56. The topological polar surface area (TPSA) is 21.3 Å². The molecule has 0 heterocycles. The van der Waals surface area contributed by atoms with Crippen LogP contribution < -0.4 is 10.1 Å². The molecule has 2 aromatic rings. The smallest absolute Gasteiger partial charge is 0.165 e. The van der Waals surface area contributed by atoms with Crippen molar-refractivity contribution in [1.29, 1.82) is 0 Å². The van der Waals surface area contributed by atoms with Crippen LogP contribution in [0.3, 0.4) is 0 Å². The molecule has 110 valence electrons. The molecule has 0 saturated heterocycles. The summed E-state index contributed by atoms with van der Waals surface area (Å²) in [5.41, 5.74) is 0.420. The number of nitrogens with one attached hydrogen (secondary N) is 1. The summed E-state index contributed by atoms with van der Waals surface area (Å²) in [6, 6.07) is 9.46. The summed E-state index contributed by atoms with van der Waals surface area (Å²) in [7, 11) is 0. The predicted molar refractivity (Wildman–Crippen MR) is 80.4 cm³/mol. The summed E-state index contributed by atoms with van der Waals surface area (Å²) in [6.45, 7) is 0.377. The Morgan fingerprint density at radius 1 is 1.10 bits per heavy atom. The number of ether oxygens (including phenoxy) is 1. The van der Waals surface area contributed by atoms with Crippen LogP contribution in [0.2, 0.25) is 0 Å². The van der Waals surface area contributed by atoms with Crippen molar-refractivity contribution in [3.05, 3.63) is 58.1 Å². The van der Waals surface area contributed by atoms with E-state index in [1.165, 1.54) is 18.2 Å². The van der Waals surface area contributed by atoms with Gasteiger partial charge in [-0.25, -0.2) is 8.78 Å². The highest BCUT2D eigenvalue weighted by Crippen LogP contribution is 2.31. The second-order valence-electron chi connectivity index (χ2n) is 5.05. The highest BCUT2D eigenvalue weighted by molar-refractivity contribution is 9.10. The van der Waals surface area contributed by atoms with E-state index < -0.39 is 5.82 Å². The van der Waals surface area contributed by atoms with Crippen molar-refractivity contribution in [1.82, 2.24) is 5.32 Å². The largest absolute Gasteiger partial charge is 0.454 e. The molecule has 0 aromatic heterocycles. The van der Waals surface area contributed by atoms with Gasteiger partial charge in [0.2, 0.25) is 0 Å². The minimum atomic E-state index is -0.483. The average Bonchev–Trinajstić information content (AvgIpc) is 3.26. The van der Waals surface area contributed by atoms with Gasteiger partial charge in [0.15, 0.2) is 11.6 Å². The normalized spacial score (nSPS) is 14.2. The van der Waals surface area contributed by atoms with Crippen LogP contribution in [-0.4, -0.2) is 6.04 Å². The second kappa shape index (κ2) is 6.12. The van der Waals surface area contributed by atoms with E-state index in [1.54, 1.807) is 18.2 Å². The molecule has 5 heteroatoms. The first kappa shape index (κ1) is 14.5. The van der Waals surface area contributed by atoms with E-state index in [1.807, 2.05) is 0 Å². The van der Waals surface area contributed by atoms with Gasteiger partial charge in [-0.05, 0) is 43.2 Å². The Bertz CT molecular complexity index is 659. The van der Waals surface area contributed by atoms with Crippen molar-refractivity contribution in [3.63, 3.8) is 0 Å². The first-order chi connectivity index (χ1) is 10.1. The van der Waals surface area contributed by atoms with Gasteiger partial charge in [-0.15, -0.1) is 0 Å². The van der Waals surface area contributed by atoms with Gasteiger partial charge in [0.1, 0.15) is 11.6 Å². The van der Waals surface area contributed by atoms with Crippen molar-refractivity contribution in [3.8, 4) is 11.5 Å². The third-order valence-electron chi connectivity index (χ3n) is 3.33. The SMILES string of the molecule is Fc1ccc(Br)cc1Oc1cccc(F)c1CNC1CC1. The summed E-state index contributed by atoms with van der Waals surface area (Å²) in [4.78, 5) is 0. The summed E-state index contributed by atoms with van der Waals surface area (Å²) < 4.78 is 34.0. The van der Waals surface area contributed by atoms with Crippen LogP contribution in [0.4, 0.5) is 8.78 Å². The van der Waals surface area contributed by atoms with Crippen molar-refractivity contribution in [2.24, 2.45) is 0 Å². The van der Waals surface area contributed by atoms with Crippen LogP contribution in [0, 0.1) is 11.6 Å². The van der Waals surface area contributed by atoms with Gasteiger partial charge in [0, 0.05) is 22.6 Å². The molecule has 1 aliphatic rings. The molecule has 0 spiro atoms. The van der Waals surface area contributed by atoms with Gasteiger partial charge in [0.25, 0.3) is 0 Å². The molecule has 0 aliphatic heterocycles. The lowest BCUT2D eigenvalue weighted by Crippen LogP contribution is -2.16. The molecule has 0 unspecified atom stereocenters. The molecule has 2 aromatic carbocycles. The summed E-state index contributed by atoms with van der Waals surface area (Å²) in [6.07, 6.45) is 2.23. The van der Waals surface area contributed by atoms with Crippen LogP contribution in [0.5, 0.6) is 11.5 Å². The van der Waals surface area contributed by atoms with Gasteiger partial charge in [-0.3, -0.25) is 0 Å². The molecule has 21 heavy (non-hydrogen) atoms. The number of benzene rings is 2. The lowest BCUT2D eigenvalue weighted by Gasteiger charge is -2.13. The molecule has 0 amide bonds. The number of hydrogen-bond acceptors (Lipinski definition) is 2. The Morgan fingerprint density at radius 2 is 1.90 bits per heavy atom. The summed E-state index contributed by atoms with van der Waals surface area (Å²) in [5.74, 6) is -0.428. The Hall–Kier alpha value is -1.46. The Labute approximate surface area is 130 Å². The third-order valence-corrected chi connectivity index (χ3v) is 3.83. The molecule has 1 fully saturated rings. The monoisotopic (exact) mass is 353 g/mol. The molecule has 1 N–H and O–H groups in total. The fraction of sp³-hybridized carbons (Fsp3) is 0.250. The fourth-order valence-corrected chi connectivity index (χ4v) is 2.35. The minimum Gasteiger partial charge on any atom is -0.454 e. The second-order valence-corrected chi connectivity index (χ2v) is 5.96. The van der Waals surface area contributed by atoms with Crippen molar-refractivity contribution in [2.45, 2.75) is 25.4 Å². The van der Waals surface area contributed by atoms with Crippen molar-refractivity contribution < 1.29 is 13.5 Å². The van der Waals surface area contributed by atoms with E-state index in [9.17, 15) is 8.78 Å². The van der Waals surface area contributed by atoms with Crippen LogP contribution in [-0.2, 0) is 6.54 Å². The van der Waals surface area contributed by atoms with E-state index in [-0.39, 0.29) is 11.6 Å². The van der Waals surface area contributed by atoms with Gasteiger partial charge in [-0.2, -0.15) is 0 Å². The Balaban J connectivity index is 1.86. The first-order valence-electron chi connectivity index (χ1n) is 6.77. The highest BCUT2D eigenvalue weighted by atomic mass is 79.9. The van der Waals surface area contributed by atoms with Crippen LogP contribution in [0.15, 0.2) is 40.9 Å². The number of hydrogen-bond donors (Lipinski definition) is 1. The zero-order valence-electron chi connectivity index (χ0n) is 11.2. The molecule has 2 nitrogen and oxygen atoms in total. The maximum absolute atomic E-state index is 14.0. The average molecular weight is 354 g/mol. The van der Waals surface area contributed by atoms with E-state index in [2.05, 4.69) is 21.2 Å². The Kier molecular flexibility index (Phi) is 4.22. The van der Waals surface area contributed by atoms with Gasteiger partial charge < -0.3 is 10.1 Å². The van der Waals surface area contributed by atoms with Crippen molar-refractivity contribution in [2.75, 3.05) is 0 Å². The number of rotatable bonds is 5. The summed E-state index contributed by atoms with van der Waals surface area (Å²) >= 11 is 3.27. The van der Waals surface area contributed by atoms with Gasteiger partial charge in [-0.1, -0.05) is 22.0 Å². The molecular formula is C16H14BrF2NO. The lowest BCUT2D eigenvalue weighted by atomic mass is 10.2. The standard InChI is InChI=1S/C16H14BrF2NO/c17-10-4-7-14(19)16(8-10)21-15-3-1-2-13(18)12(15)9-20-11-5-6-11/h1-4,7-8,11,20H,5-6,9H2. The van der Waals surface area contributed by atoms with Crippen LogP contribution in [0.25, 0.3) is 0 Å². The fourth-order valence-electron chi connectivity index (χ4n) is 2.01. The maximum atomic E-state index is 14.0. The van der Waals surface area contributed by atoms with E-state index in [4.69, 9.17) is 4.74 Å². The van der Waals surface area contributed by atoms with Crippen LogP contribution in [0.1, 0.15) is 18.4 Å². The Morgan fingerprint density at radius 3 is 2.67 bits per heavy atom. The minimum absolute atomic E-state index is 0.0719. The van der Waals surface area contributed by atoms with E-state index in [0.717, 1.165) is 12.8 Å². The van der Waals surface area contributed by atoms with Crippen molar-refractivity contribution >= 4 is 15.9 Å². The zero-order valence-corrected chi connectivity index (χ0v) is 12.8.